The Labute approximate surface area is 85.9 Å². The van der Waals surface area contributed by atoms with Gasteiger partial charge in [0.25, 0.3) is 0 Å². The van der Waals surface area contributed by atoms with Crippen LogP contribution in [0.3, 0.4) is 0 Å². The van der Waals surface area contributed by atoms with Gasteiger partial charge in [0.05, 0.1) is 12.8 Å². The first-order chi connectivity index (χ1) is 6.79. The average molecular weight is 236 g/mol. The van der Waals surface area contributed by atoms with Gasteiger partial charge in [-0.2, -0.15) is 13.5 Å². The van der Waals surface area contributed by atoms with Gasteiger partial charge in [-0.05, 0) is 6.92 Å². The Kier molecular flexibility index (Phi) is 2.80. The Morgan fingerprint density at radius 1 is 1.53 bits per heavy atom. The molecule has 0 aromatic carbocycles. The van der Waals surface area contributed by atoms with Crippen molar-refractivity contribution in [3.63, 3.8) is 0 Å². The van der Waals surface area contributed by atoms with Gasteiger partial charge in [0.1, 0.15) is 0 Å². The summed E-state index contributed by atoms with van der Waals surface area (Å²) in [5, 5.41) is 3.64. The fraction of sp³-hybridized carbons (Fsp3) is 0.429. The van der Waals surface area contributed by atoms with Crippen molar-refractivity contribution in [2.75, 3.05) is 7.11 Å². The Morgan fingerprint density at radius 2 is 2.07 bits per heavy atom. The van der Waals surface area contributed by atoms with Crippen LogP contribution in [0.15, 0.2) is 4.90 Å². The number of ether oxygens (including phenoxy) is 1. The minimum absolute atomic E-state index is 0.0830. The second-order valence-electron chi connectivity index (χ2n) is 2.82. The first-order valence-corrected chi connectivity index (χ1v) is 5.24. The van der Waals surface area contributed by atoms with Crippen LogP contribution in [0, 0.1) is 6.92 Å². The smallest absolute Gasteiger partial charge is 0.357 e. The number of hydrogen-bond donors (Lipinski definition) is 0. The molecule has 84 valence electrons. The molecule has 8 heteroatoms. The lowest BCUT2D eigenvalue weighted by Crippen LogP contribution is -2.12. The average Bonchev–Trinajstić information content (AvgIpc) is 2.38. The third-order valence-electron chi connectivity index (χ3n) is 1.79. The molecule has 1 aromatic rings. The summed E-state index contributed by atoms with van der Waals surface area (Å²) in [6.07, 6.45) is 0. The standard InChI is InChI=1S/C7H9FN2O4S/c1-4-6(15(8,12)13)5(7(11)14-3)10(2)9-4/h1-3H3. The molecule has 0 fully saturated rings. The van der Waals surface area contributed by atoms with Crippen LogP contribution < -0.4 is 0 Å². The number of aryl methyl sites for hydroxylation is 2. The summed E-state index contributed by atoms with van der Waals surface area (Å²) in [4.78, 5) is 10.5. The molecule has 1 rings (SSSR count). The molecule has 6 nitrogen and oxygen atoms in total. The molecule has 0 saturated heterocycles. The zero-order valence-corrected chi connectivity index (χ0v) is 9.13. The van der Waals surface area contributed by atoms with E-state index in [-0.39, 0.29) is 5.69 Å². The number of halogens is 1. The van der Waals surface area contributed by atoms with E-state index in [0.717, 1.165) is 11.8 Å². The molecule has 0 N–H and O–H groups in total. The predicted octanol–water partition coefficient (Wildman–Crippen LogP) is 0.173. The van der Waals surface area contributed by atoms with Crippen molar-refractivity contribution in [1.29, 1.82) is 0 Å². The van der Waals surface area contributed by atoms with Crippen LogP contribution >= 0.6 is 0 Å². The molecule has 0 aliphatic rings. The summed E-state index contributed by atoms with van der Waals surface area (Å²) < 4.78 is 39.7. The third-order valence-corrected chi connectivity index (χ3v) is 2.77. The van der Waals surface area contributed by atoms with Crippen molar-refractivity contribution in [3.05, 3.63) is 11.4 Å². The Hall–Kier alpha value is -1.44. The van der Waals surface area contributed by atoms with Crippen LogP contribution in [-0.4, -0.2) is 31.3 Å². The van der Waals surface area contributed by atoms with Gasteiger partial charge in [-0.25, -0.2) is 4.79 Å². The lowest BCUT2D eigenvalue weighted by atomic mass is 10.4. The van der Waals surface area contributed by atoms with Gasteiger partial charge in [-0.1, -0.05) is 0 Å². The normalized spacial score (nSPS) is 11.5. The van der Waals surface area contributed by atoms with Crippen molar-refractivity contribution in [2.45, 2.75) is 11.8 Å². The highest BCUT2D eigenvalue weighted by Crippen LogP contribution is 2.22. The highest BCUT2D eigenvalue weighted by Gasteiger charge is 2.30. The summed E-state index contributed by atoms with van der Waals surface area (Å²) in [5.41, 5.74) is -0.502. The molecule has 0 radical (unpaired) electrons. The van der Waals surface area contributed by atoms with E-state index in [4.69, 9.17) is 0 Å². The van der Waals surface area contributed by atoms with Crippen LogP contribution in [-0.2, 0) is 22.0 Å². The van der Waals surface area contributed by atoms with E-state index < -0.39 is 26.8 Å². The summed E-state index contributed by atoms with van der Waals surface area (Å²) >= 11 is 0. The van der Waals surface area contributed by atoms with Crippen molar-refractivity contribution in [3.8, 4) is 0 Å². The molecule has 0 aliphatic carbocycles. The molecule has 0 saturated carbocycles. The van der Waals surface area contributed by atoms with E-state index in [9.17, 15) is 17.1 Å². The number of carbonyl (C=O) groups is 1. The zero-order chi connectivity index (χ0) is 11.8. The van der Waals surface area contributed by atoms with E-state index in [1.54, 1.807) is 0 Å². The van der Waals surface area contributed by atoms with Gasteiger partial charge in [0.2, 0.25) is 0 Å². The highest BCUT2D eigenvalue weighted by molar-refractivity contribution is 7.86. The second kappa shape index (κ2) is 3.61. The molecule has 0 aliphatic heterocycles. The van der Waals surface area contributed by atoms with Crippen LogP contribution in [0.5, 0.6) is 0 Å². The van der Waals surface area contributed by atoms with Crippen molar-refractivity contribution in [1.82, 2.24) is 9.78 Å². The van der Waals surface area contributed by atoms with Gasteiger partial charge >= 0.3 is 16.2 Å². The molecule has 1 aromatic heterocycles. The van der Waals surface area contributed by atoms with E-state index >= 15 is 0 Å². The fourth-order valence-electron chi connectivity index (χ4n) is 1.25. The maximum Gasteiger partial charge on any atom is 0.357 e. The van der Waals surface area contributed by atoms with Gasteiger partial charge in [0.15, 0.2) is 10.6 Å². The topological polar surface area (TPSA) is 78.3 Å². The number of carbonyl (C=O) groups excluding carboxylic acids is 1. The monoisotopic (exact) mass is 236 g/mol. The highest BCUT2D eigenvalue weighted by atomic mass is 32.3. The molecular weight excluding hydrogens is 227 g/mol. The fourth-order valence-corrected chi connectivity index (χ4v) is 2.09. The van der Waals surface area contributed by atoms with E-state index in [2.05, 4.69) is 9.84 Å². The predicted molar refractivity (Wildman–Crippen MR) is 47.6 cm³/mol. The largest absolute Gasteiger partial charge is 0.464 e. The lowest BCUT2D eigenvalue weighted by molar-refractivity contribution is 0.0583. The summed E-state index contributed by atoms with van der Waals surface area (Å²) in [5.74, 6) is -0.950. The van der Waals surface area contributed by atoms with Crippen molar-refractivity contribution >= 4 is 16.2 Å². The molecule has 0 bridgehead atoms. The molecule has 15 heavy (non-hydrogen) atoms. The van der Waals surface area contributed by atoms with Gasteiger partial charge < -0.3 is 4.74 Å². The Morgan fingerprint density at radius 3 is 2.47 bits per heavy atom. The summed E-state index contributed by atoms with van der Waals surface area (Å²) in [6, 6.07) is 0. The first kappa shape index (κ1) is 11.6. The van der Waals surface area contributed by atoms with Gasteiger partial charge in [-0.3, -0.25) is 4.68 Å². The second-order valence-corrected chi connectivity index (χ2v) is 4.10. The number of rotatable bonds is 2. The van der Waals surface area contributed by atoms with Crippen LogP contribution in [0.1, 0.15) is 16.2 Å². The van der Waals surface area contributed by atoms with Crippen molar-refractivity contribution < 1.29 is 21.8 Å². The van der Waals surface area contributed by atoms with Crippen LogP contribution in [0.25, 0.3) is 0 Å². The Bertz CT molecular complexity index is 505. The molecular formula is C7H9FN2O4S. The maximum absolute atomic E-state index is 12.9. The number of aromatic nitrogens is 2. The quantitative estimate of drug-likeness (QED) is 0.540. The molecule has 0 spiro atoms. The number of methoxy groups -OCH3 is 1. The number of esters is 1. The molecule has 0 atom stereocenters. The van der Waals surface area contributed by atoms with E-state index in [1.165, 1.54) is 14.0 Å². The van der Waals surface area contributed by atoms with Crippen LogP contribution in [0.2, 0.25) is 0 Å². The van der Waals surface area contributed by atoms with Gasteiger partial charge in [-0.15, -0.1) is 3.89 Å². The number of hydrogen-bond acceptors (Lipinski definition) is 5. The minimum Gasteiger partial charge on any atom is -0.464 e. The minimum atomic E-state index is -4.98. The number of nitrogens with zero attached hydrogens (tertiary/aromatic N) is 2. The van der Waals surface area contributed by atoms with Crippen LogP contribution in [0.4, 0.5) is 3.89 Å². The SMILES string of the molecule is COC(=O)c1c(S(=O)(=O)F)c(C)nn1C. The molecule has 0 unspecified atom stereocenters. The van der Waals surface area contributed by atoms with Crippen molar-refractivity contribution in [2.24, 2.45) is 7.05 Å². The zero-order valence-electron chi connectivity index (χ0n) is 8.31. The summed E-state index contributed by atoms with van der Waals surface area (Å²) in [6.45, 7) is 1.29. The van der Waals surface area contributed by atoms with Gasteiger partial charge in [0, 0.05) is 7.05 Å². The maximum atomic E-state index is 12.9. The lowest BCUT2D eigenvalue weighted by Gasteiger charge is -2.00. The van der Waals surface area contributed by atoms with E-state index in [0.29, 0.717) is 0 Å². The molecule has 1 heterocycles. The Balaban J connectivity index is 3.58. The molecule has 0 amide bonds. The first-order valence-electron chi connectivity index (χ1n) is 3.85. The van der Waals surface area contributed by atoms with E-state index in [1.807, 2.05) is 0 Å². The summed E-state index contributed by atoms with van der Waals surface area (Å²) in [7, 11) is -2.59. The third kappa shape index (κ3) is 1.99.